The number of hydrogen-bond donors (Lipinski definition) is 1. The molecule has 0 aliphatic heterocycles. The molecular weight excluding hydrogens is 404 g/mol. The van der Waals surface area contributed by atoms with E-state index in [0.717, 1.165) is 36.8 Å². The molecule has 7 nitrogen and oxygen atoms in total. The molecule has 7 heteroatoms. The van der Waals surface area contributed by atoms with E-state index in [1.807, 2.05) is 38.1 Å². The van der Waals surface area contributed by atoms with Crippen LogP contribution < -0.4 is 15.6 Å². The second-order valence-corrected chi connectivity index (χ2v) is 8.06. The van der Waals surface area contributed by atoms with Gasteiger partial charge in [-0.25, -0.2) is 0 Å². The van der Waals surface area contributed by atoms with Crippen molar-refractivity contribution in [1.29, 1.82) is 5.26 Å². The quantitative estimate of drug-likeness (QED) is 0.488. The van der Waals surface area contributed by atoms with Crippen molar-refractivity contribution in [2.24, 2.45) is 0 Å². The molecule has 0 spiro atoms. The van der Waals surface area contributed by atoms with Crippen LogP contribution in [0.5, 0.6) is 11.6 Å². The van der Waals surface area contributed by atoms with Gasteiger partial charge in [0.15, 0.2) is 0 Å². The monoisotopic (exact) mass is 428 g/mol. The molecule has 162 valence electrons. The van der Waals surface area contributed by atoms with E-state index >= 15 is 0 Å². The minimum absolute atomic E-state index is 0.0480. The van der Waals surface area contributed by atoms with Crippen LogP contribution in [-0.4, -0.2) is 21.3 Å². The van der Waals surface area contributed by atoms with Crippen LogP contribution in [0.1, 0.15) is 42.4 Å². The second kappa shape index (κ2) is 9.06. The minimum Gasteiger partial charge on any atom is -0.438 e. The van der Waals surface area contributed by atoms with Crippen molar-refractivity contribution in [3.8, 4) is 17.7 Å². The maximum atomic E-state index is 13.3. The van der Waals surface area contributed by atoms with E-state index < -0.39 is 11.5 Å². The lowest BCUT2D eigenvalue weighted by atomic mass is 10.1. The van der Waals surface area contributed by atoms with Crippen molar-refractivity contribution in [3.05, 3.63) is 75.2 Å². The molecule has 1 saturated carbocycles. The Morgan fingerprint density at radius 1 is 1.22 bits per heavy atom. The fraction of sp³-hybridized carbons (Fsp3) is 0.280. The fourth-order valence-corrected chi connectivity index (χ4v) is 3.84. The molecule has 3 aromatic rings. The lowest BCUT2D eigenvalue weighted by Crippen LogP contribution is -2.33. The Morgan fingerprint density at radius 3 is 2.62 bits per heavy atom. The van der Waals surface area contributed by atoms with E-state index in [1.54, 1.807) is 24.4 Å². The molecule has 4 rings (SSSR count). The van der Waals surface area contributed by atoms with Crippen LogP contribution >= 0.6 is 0 Å². The number of carbonyl (C=O) groups is 1. The van der Waals surface area contributed by atoms with E-state index in [9.17, 15) is 14.9 Å². The maximum absolute atomic E-state index is 13.3. The highest BCUT2D eigenvalue weighted by Gasteiger charge is 2.21. The molecule has 1 aromatic carbocycles. The summed E-state index contributed by atoms with van der Waals surface area (Å²) in [6.07, 6.45) is 6.78. The third-order valence-electron chi connectivity index (χ3n) is 5.63. The molecule has 1 amide bonds. The van der Waals surface area contributed by atoms with Crippen molar-refractivity contribution < 1.29 is 9.53 Å². The number of aromatic nitrogens is 2. The summed E-state index contributed by atoms with van der Waals surface area (Å²) in [4.78, 5) is 30.6. The number of carbonyl (C=O) groups excluding carboxylic acids is 1. The topological polar surface area (TPSA) is 96.5 Å². The Morgan fingerprint density at radius 2 is 1.94 bits per heavy atom. The zero-order valence-corrected chi connectivity index (χ0v) is 18.1. The Bertz CT molecular complexity index is 1290. The zero-order valence-electron chi connectivity index (χ0n) is 18.1. The van der Waals surface area contributed by atoms with Crippen LogP contribution in [0, 0.1) is 25.2 Å². The van der Waals surface area contributed by atoms with Gasteiger partial charge in [0.1, 0.15) is 28.6 Å². The number of nitriles is 1. The van der Waals surface area contributed by atoms with Crippen LogP contribution in [0.3, 0.4) is 0 Å². The van der Waals surface area contributed by atoms with Crippen LogP contribution in [0.4, 0.5) is 0 Å². The molecule has 1 fully saturated rings. The lowest BCUT2D eigenvalue weighted by Gasteiger charge is -2.13. The van der Waals surface area contributed by atoms with E-state index in [-0.39, 0.29) is 23.1 Å². The summed E-state index contributed by atoms with van der Waals surface area (Å²) in [5, 5.41) is 12.5. The highest BCUT2D eigenvalue weighted by molar-refractivity contribution is 6.02. The molecular formula is C25H24N4O3. The highest BCUT2D eigenvalue weighted by Crippen LogP contribution is 2.25. The first-order chi connectivity index (χ1) is 15.5. The van der Waals surface area contributed by atoms with Gasteiger partial charge in [-0.1, -0.05) is 36.6 Å². The Labute approximate surface area is 186 Å². The minimum atomic E-state index is -0.491. The molecule has 1 N–H and O–H groups in total. The second-order valence-electron chi connectivity index (χ2n) is 8.06. The molecule has 0 saturated heterocycles. The van der Waals surface area contributed by atoms with Crippen LogP contribution in [0.15, 0.2) is 53.0 Å². The number of fused-ring (bicyclic) bond motifs is 1. The summed E-state index contributed by atoms with van der Waals surface area (Å²) >= 11 is 0. The third-order valence-corrected chi connectivity index (χ3v) is 5.63. The Balaban J connectivity index is 1.81. The van der Waals surface area contributed by atoms with E-state index in [4.69, 9.17) is 4.74 Å². The summed E-state index contributed by atoms with van der Waals surface area (Å²) in [5.74, 6) is 0.0630. The molecule has 2 heterocycles. The van der Waals surface area contributed by atoms with Crippen LogP contribution in [0.2, 0.25) is 0 Å². The number of aryl methyl sites for hydroxylation is 2. The number of benzene rings is 1. The summed E-state index contributed by atoms with van der Waals surface area (Å²) in [5.41, 5.74) is 1.79. The van der Waals surface area contributed by atoms with E-state index in [0.29, 0.717) is 11.4 Å². The SMILES string of the molecule is Cc1ccc(Oc2nc3c(C)cccn3c(=O)c2/C=C(\C#N)C(=O)NC2CCCC2)cc1. The van der Waals surface area contributed by atoms with Crippen LogP contribution in [0.25, 0.3) is 11.7 Å². The standard InChI is InChI=1S/C25H24N4O3/c1-16-9-11-20(12-10-16)32-24-21(25(31)29-13-5-6-17(2)22(29)28-24)14-18(15-26)23(30)27-19-7-3-4-8-19/h5-6,9-14,19H,3-4,7-8H2,1-2H3,(H,27,30)/b18-14+. The first-order valence-electron chi connectivity index (χ1n) is 10.7. The van der Waals surface area contributed by atoms with E-state index in [2.05, 4.69) is 10.3 Å². The van der Waals surface area contributed by atoms with Crippen LogP contribution in [-0.2, 0) is 4.79 Å². The smallest absolute Gasteiger partial charge is 0.269 e. The molecule has 0 bridgehead atoms. The lowest BCUT2D eigenvalue weighted by molar-refractivity contribution is -0.117. The summed E-state index contributed by atoms with van der Waals surface area (Å²) in [6.45, 7) is 3.81. The maximum Gasteiger partial charge on any atom is 0.269 e. The Hall–Kier alpha value is -3.92. The van der Waals surface area contributed by atoms with Gasteiger partial charge in [-0.05, 0) is 56.5 Å². The predicted octanol–water partition coefficient (Wildman–Crippen LogP) is 4.07. The number of ether oxygens (including phenoxy) is 1. The highest BCUT2D eigenvalue weighted by atomic mass is 16.5. The van der Waals surface area contributed by atoms with Gasteiger partial charge < -0.3 is 10.1 Å². The van der Waals surface area contributed by atoms with Gasteiger partial charge in [-0.15, -0.1) is 0 Å². The summed E-state index contributed by atoms with van der Waals surface area (Å²) < 4.78 is 7.35. The average molecular weight is 428 g/mol. The zero-order chi connectivity index (χ0) is 22.7. The average Bonchev–Trinajstić information content (AvgIpc) is 3.29. The summed E-state index contributed by atoms with van der Waals surface area (Å²) in [6, 6.07) is 12.9. The largest absolute Gasteiger partial charge is 0.438 e. The van der Waals surface area contributed by atoms with Crippen molar-refractivity contribution in [2.75, 3.05) is 0 Å². The van der Waals surface area contributed by atoms with Gasteiger partial charge >= 0.3 is 0 Å². The van der Waals surface area contributed by atoms with Gasteiger partial charge in [0.25, 0.3) is 11.5 Å². The number of nitrogens with one attached hydrogen (secondary N) is 1. The normalized spacial score (nSPS) is 14.3. The van der Waals surface area contributed by atoms with E-state index in [1.165, 1.54) is 10.5 Å². The molecule has 0 unspecified atom stereocenters. The van der Waals surface area contributed by atoms with Gasteiger partial charge in [0.2, 0.25) is 5.88 Å². The first-order valence-corrected chi connectivity index (χ1v) is 10.7. The van der Waals surface area contributed by atoms with Gasteiger partial charge in [-0.2, -0.15) is 10.2 Å². The summed E-state index contributed by atoms with van der Waals surface area (Å²) in [7, 11) is 0. The number of rotatable bonds is 5. The molecule has 1 aliphatic rings. The van der Waals surface area contributed by atoms with Gasteiger partial charge in [0.05, 0.1) is 0 Å². The number of amides is 1. The number of hydrogen-bond acceptors (Lipinski definition) is 5. The number of pyridine rings is 1. The molecule has 0 atom stereocenters. The molecule has 2 aromatic heterocycles. The molecule has 0 radical (unpaired) electrons. The van der Waals surface area contributed by atoms with Crippen molar-refractivity contribution >= 4 is 17.6 Å². The Kier molecular flexibility index (Phi) is 6.04. The van der Waals surface area contributed by atoms with Crippen molar-refractivity contribution in [1.82, 2.24) is 14.7 Å². The molecule has 1 aliphatic carbocycles. The number of nitrogens with zero attached hydrogens (tertiary/aromatic N) is 3. The van der Waals surface area contributed by atoms with Gasteiger partial charge in [0, 0.05) is 12.2 Å². The third kappa shape index (κ3) is 4.40. The first kappa shape index (κ1) is 21.3. The predicted molar refractivity (Wildman–Crippen MR) is 121 cm³/mol. The van der Waals surface area contributed by atoms with Crippen molar-refractivity contribution in [3.63, 3.8) is 0 Å². The van der Waals surface area contributed by atoms with Gasteiger partial charge in [-0.3, -0.25) is 14.0 Å². The fourth-order valence-electron chi connectivity index (χ4n) is 3.84. The van der Waals surface area contributed by atoms with Crippen molar-refractivity contribution in [2.45, 2.75) is 45.6 Å². The molecule has 32 heavy (non-hydrogen) atoms.